The molecule has 9 nitrogen and oxygen atoms in total. The van der Waals surface area contributed by atoms with Crippen LogP contribution in [0.1, 0.15) is 28.4 Å². The first-order chi connectivity index (χ1) is 21.7. The van der Waals surface area contributed by atoms with Gasteiger partial charge in [0.1, 0.15) is 5.75 Å². The highest BCUT2D eigenvalue weighted by Gasteiger charge is 2.37. The molecule has 11 heteroatoms. The SMILES string of the molecule is CN[C@@H](C)C(=O)NCC1CN(C(=O)c2ccc(C#N)cc2)c2ccccc2N(Cc2c(OC(F)F)ccc3ccccc23)C1=O. The van der Waals surface area contributed by atoms with Crippen molar-refractivity contribution in [3.8, 4) is 11.8 Å². The van der Waals surface area contributed by atoms with Crippen LogP contribution in [-0.4, -0.2) is 50.5 Å². The lowest BCUT2D eigenvalue weighted by atomic mass is 10.0. The molecule has 1 heterocycles. The topological polar surface area (TPSA) is 115 Å². The minimum absolute atomic E-state index is 0.0727. The summed E-state index contributed by atoms with van der Waals surface area (Å²) >= 11 is 0. The summed E-state index contributed by atoms with van der Waals surface area (Å²) in [5.74, 6) is -2.12. The minimum Gasteiger partial charge on any atom is -0.434 e. The number of hydrogen-bond donors (Lipinski definition) is 2. The Labute approximate surface area is 259 Å². The van der Waals surface area contributed by atoms with Gasteiger partial charge in [-0.1, -0.05) is 42.5 Å². The second kappa shape index (κ2) is 13.5. The van der Waals surface area contributed by atoms with Gasteiger partial charge < -0.3 is 25.2 Å². The van der Waals surface area contributed by atoms with Gasteiger partial charge in [0.25, 0.3) is 5.91 Å². The van der Waals surface area contributed by atoms with Crippen LogP contribution in [0, 0.1) is 17.2 Å². The van der Waals surface area contributed by atoms with E-state index < -0.39 is 30.4 Å². The highest BCUT2D eigenvalue weighted by Crippen LogP contribution is 2.38. The molecule has 45 heavy (non-hydrogen) atoms. The Morgan fingerprint density at radius 1 is 1.00 bits per heavy atom. The van der Waals surface area contributed by atoms with Crippen molar-refractivity contribution in [1.82, 2.24) is 10.6 Å². The summed E-state index contributed by atoms with van der Waals surface area (Å²) in [7, 11) is 1.64. The van der Waals surface area contributed by atoms with Gasteiger partial charge in [0.2, 0.25) is 11.8 Å². The predicted molar refractivity (Wildman–Crippen MR) is 166 cm³/mol. The number of nitriles is 1. The van der Waals surface area contributed by atoms with E-state index in [1.54, 1.807) is 68.6 Å². The smallest absolute Gasteiger partial charge is 0.387 e. The van der Waals surface area contributed by atoms with E-state index in [2.05, 4.69) is 10.6 Å². The number of nitrogens with one attached hydrogen (secondary N) is 2. The maximum Gasteiger partial charge on any atom is 0.387 e. The van der Waals surface area contributed by atoms with Gasteiger partial charge in [0.15, 0.2) is 0 Å². The number of carbonyl (C=O) groups excluding carboxylic acids is 3. The molecule has 0 aromatic heterocycles. The van der Waals surface area contributed by atoms with Crippen LogP contribution in [0.3, 0.4) is 0 Å². The van der Waals surface area contributed by atoms with Gasteiger partial charge in [0, 0.05) is 24.2 Å². The number of nitrogens with zero attached hydrogens (tertiary/aromatic N) is 3. The molecule has 0 fully saturated rings. The van der Waals surface area contributed by atoms with Crippen molar-refractivity contribution < 1.29 is 27.9 Å². The fourth-order valence-electron chi connectivity index (χ4n) is 5.36. The second-order valence-corrected chi connectivity index (χ2v) is 10.6. The Morgan fingerprint density at radius 3 is 2.38 bits per heavy atom. The Kier molecular flexibility index (Phi) is 9.35. The second-order valence-electron chi connectivity index (χ2n) is 10.6. The zero-order valence-corrected chi connectivity index (χ0v) is 24.7. The van der Waals surface area contributed by atoms with Crippen molar-refractivity contribution in [2.24, 2.45) is 5.92 Å². The summed E-state index contributed by atoms with van der Waals surface area (Å²) in [6, 6.07) is 24.9. The van der Waals surface area contributed by atoms with E-state index in [1.165, 1.54) is 28.0 Å². The van der Waals surface area contributed by atoms with Crippen LogP contribution < -0.4 is 25.2 Å². The van der Waals surface area contributed by atoms with E-state index in [0.29, 0.717) is 33.5 Å². The van der Waals surface area contributed by atoms with Crippen LogP contribution in [0.15, 0.2) is 84.9 Å². The molecular formula is C34H31F2N5O4. The third-order valence-electron chi connectivity index (χ3n) is 7.87. The van der Waals surface area contributed by atoms with Crippen LogP contribution in [-0.2, 0) is 16.1 Å². The number of likely N-dealkylation sites (N-methyl/N-ethyl adjacent to an activating group) is 1. The molecule has 0 saturated carbocycles. The van der Waals surface area contributed by atoms with E-state index in [1.807, 2.05) is 18.2 Å². The molecule has 0 spiro atoms. The molecule has 2 atom stereocenters. The van der Waals surface area contributed by atoms with Crippen LogP contribution >= 0.6 is 0 Å². The van der Waals surface area contributed by atoms with Gasteiger partial charge in [-0.05, 0) is 67.2 Å². The monoisotopic (exact) mass is 611 g/mol. The maximum absolute atomic E-state index is 14.4. The zero-order valence-electron chi connectivity index (χ0n) is 24.7. The first-order valence-electron chi connectivity index (χ1n) is 14.3. The summed E-state index contributed by atoms with van der Waals surface area (Å²) in [6.45, 7) is -1.71. The predicted octanol–water partition coefficient (Wildman–Crippen LogP) is 4.85. The summed E-state index contributed by atoms with van der Waals surface area (Å²) in [5, 5.41) is 16.3. The number of amides is 3. The number of anilines is 2. The molecule has 5 rings (SSSR count). The fourth-order valence-corrected chi connectivity index (χ4v) is 5.36. The molecule has 1 unspecified atom stereocenters. The number of halogens is 2. The zero-order chi connectivity index (χ0) is 32.1. The number of ether oxygens (including phenoxy) is 1. The molecule has 0 aliphatic carbocycles. The quantitative estimate of drug-likeness (QED) is 0.280. The number of rotatable bonds is 9. The lowest BCUT2D eigenvalue weighted by Crippen LogP contribution is -2.48. The van der Waals surface area contributed by atoms with E-state index in [-0.39, 0.29) is 31.3 Å². The van der Waals surface area contributed by atoms with Gasteiger partial charge in [0.05, 0.1) is 41.5 Å². The molecule has 0 radical (unpaired) electrons. The molecule has 4 aromatic rings. The van der Waals surface area contributed by atoms with E-state index >= 15 is 0 Å². The van der Waals surface area contributed by atoms with Gasteiger partial charge >= 0.3 is 6.61 Å². The van der Waals surface area contributed by atoms with Crippen LogP contribution in [0.5, 0.6) is 5.75 Å². The molecule has 230 valence electrons. The Morgan fingerprint density at radius 2 is 1.69 bits per heavy atom. The van der Waals surface area contributed by atoms with Crippen LogP contribution in [0.4, 0.5) is 20.2 Å². The molecular weight excluding hydrogens is 580 g/mol. The third-order valence-corrected chi connectivity index (χ3v) is 7.87. The maximum atomic E-state index is 14.4. The number of alkyl halides is 2. The van der Waals surface area contributed by atoms with Crippen molar-refractivity contribution in [1.29, 1.82) is 5.26 Å². The summed E-state index contributed by atoms with van der Waals surface area (Å²) in [6.07, 6.45) is 0. The number of para-hydroxylation sites is 2. The standard InChI is InChI=1S/C34H31F2N5O4/c1-21(38-2)31(42)39-18-25-19-40(32(43)24-13-11-22(17-37)12-14-24)28-9-5-6-10-29(28)41(33(25)44)20-27-26-8-4-3-7-23(26)15-16-30(27)45-34(35)36/h3-16,21,25,34,38H,18-20H2,1-2H3,(H,39,42)/t21-,25?/m0/s1. The molecule has 2 N–H and O–H groups in total. The van der Waals surface area contributed by atoms with Crippen molar-refractivity contribution >= 4 is 39.9 Å². The molecule has 0 bridgehead atoms. The van der Waals surface area contributed by atoms with Gasteiger partial charge in [-0.15, -0.1) is 0 Å². The average Bonchev–Trinajstić information content (AvgIpc) is 3.17. The molecule has 1 aliphatic rings. The Hall–Kier alpha value is -5.34. The summed E-state index contributed by atoms with van der Waals surface area (Å²) < 4.78 is 32.0. The highest BCUT2D eigenvalue weighted by atomic mass is 19.3. The molecule has 4 aromatic carbocycles. The average molecular weight is 612 g/mol. The minimum atomic E-state index is -3.09. The van der Waals surface area contributed by atoms with E-state index in [4.69, 9.17) is 4.74 Å². The first kappa shape index (κ1) is 31.1. The van der Waals surface area contributed by atoms with Crippen LogP contribution in [0.2, 0.25) is 0 Å². The van der Waals surface area contributed by atoms with E-state index in [0.717, 1.165) is 5.39 Å². The summed E-state index contributed by atoms with van der Waals surface area (Å²) in [5.41, 5.74) is 1.88. The number of hydrogen-bond acceptors (Lipinski definition) is 6. The van der Waals surface area contributed by atoms with E-state index in [9.17, 15) is 28.4 Å². The Balaban J connectivity index is 1.62. The summed E-state index contributed by atoms with van der Waals surface area (Å²) in [4.78, 5) is 44.0. The lowest BCUT2D eigenvalue weighted by Gasteiger charge is -2.27. The van der Waals surface area contributed by atoms with Gasteiger partial charge in [-0.3, -0.25) is 14.4 Å². The van der Waals surface area contributed by atoms with Gasteiger partial charge in [-0.25, -0.2) is 0 Å². The molecule has 3 amide bonds. The van der Waals surface area contributed by atoms with Crippen molar-refractivity contribution in [2.45, 2.75) is 26.1 Å². The Bertz CT molecular complexity index is 1770. The number of carbonyl (C=O) groups is 3. The highest BCUT2D eigenvalue weighted by molar-refractivity contribution is 6.11. The van der Waals surface area contributed by atoms with Gasteiger partial charge in [-0.2, -0.15) is 14.0 Å². The third kappa shape index (κ3) is 6.61. The lowest BCUT2D eigenvalue weighted by molar-refractivity contribution is -0.124. The van der Waals surface area contributed by atoms with Crippen molar-refractivity contribution in [3.05, 3.63) is 102 Å². The number of benzene rings is 4. The normalized spacial score (nSPS) is 15.3. The fraction of sp³-hybridized carbons (Fsp3) is 0.235. The van der Waals surface area contributed by atoms with Crippen molar-refractivity contribution in [2.75, 3.05) is 29.9 Å². The molecule has 1 aliphatic heterocycles. The van der Waals surface area contributed by atoms with Crippen LogP contribution in [0.25, 0.3) is 10.8 Å². The largest absolute Gasteiger partial charge is 0.434 e. The molecule has 0 saturated heterocycles. The number of fused-ring (bicyclic) bond motifs is 2. The van der Waals surface area contributed by atoms with Crippen molar-refractivity contribution in [3.63, 3.8) is 0 Å². The first-order valence-corrected chi connectivity index (χ1v) is 14.3.